The molecule has 0 bridgehead atoms. The van der Waals surface area contributed by atoms with E-state index in [0.717, 1.165) is 10.1 Å². The summed E-state index contributed by atoms with van der Waals surface area (Å²) in [6.45, 7) is 4.37. The topological polar surface area (TPSA) is 98.1 Å². The maximum absolute atomic E-state index is 13.1. The summed E-state index contributed by atoms with van der Waals surface area (Å²) >= 11 is 0. The summed E-state index contributed by atoms with van der Waals surface area (Å²) in [5.74, 6) is 0.268. The summed E-state index contributed by atoms with van der Waals surface area (Å²) in [7, 11) is 1.66. The summed E-state index contributed by atoms with van der Waals surface area (Å²) in [4.78, 5) is 41.4. The summed E-state index contributed by atoms with van der Waals surface area (Å²) < 4.78 is 8.01. The Hall–Kier alpha value is -4.07. The first-order valence-electron chi connectivity index (χ1n) is 9.84. The van der Waals surface area contributed by atoms with Gasteiger partial charge < -0.3 is 19.6 Å². The van der Waals surface area contributed by atoms with E-state index in [-0.39, 0.29) is 16.6 Å². The number of anilines is 1. The molecule has 2 aromatic heterocycles. The van der Waals surface area contributed by atoms with E-state index in [9.17, 15) is 14.4 Å². The Balaban J connectivity index is 1.74. The number of rotatable bonds is 5. The van der Waals surface area contributed by atoms with E-state index in [4.69, 9.17) is 4.74 Å². The molecule has 2 aromatic carbocycles. The predicted molar refractivity (Wildman–Crippen MR) is 119 cm³/mol. The molecule has 0 atom stereocenters. The van der Waals surface area contributed by atoms with Gasteiger partial charge in [0.05, 0.1) is 23.4 Å². The number of carbonyl (C=O) groups is 1. The second-order valence-corrected chi connectivity index (χ2v) is 7.20. The number of nitrogens with one attached hydrogen (secondary N) is 2. The van der Waals surface area contributed by atoms with Gasteiger partial charge in [-0.25, -0.2) is 9.36 Å². The molecule has 1 amide bonds. The minimum atomic E-state index is -0.609. The number of aromatic amines is 1. The van der Waals surface area contributed by atoms with Gasteiger partial charge in [0.1, 0.15) is 11.3 Å². The predicted octanol–water partition coefficient (Wildman–Crippen LogP) is 2.98. The van der Waals surface area contributed by atoms with Gasteiger partial charge in [-0.1, -0.05) is 17.7 Å². The molecular formula is C23H22N4O4. The summed E-state index contributed by atoms with van der Waals surface area (Å²) in [6, 6.07) is 14.0. The number of hydrogen-bond donors (Lipinski definition) is 2. The standard InChI is InChI=1S/C23H22N4O4/c1-4-31-17-11-7-15(8-12-17)24-21(28)18-13-26(3)20-19(18)25-23(30)27(22(20)29)16-9-5-14(2)6-10-16/h5-13H,4H2,1-3H3,(H,24,28)(H,25,30). The molecule has 4 rings (SSSR count). The largest absolute Gasteiger partial charge is 0.494 e. The third-order valence-corrected chi connectivity index (χ3v) is 4.98. The van der Waals surface area contributed by atoms with Crippen molar-refractivity contribution >= 4 is 22.6 Å². The zero-order valence-corrected chi connectivity index (χ0v) is 17.4. The van der Waals surface area contributed by atoms with Gasteiger partial charge in [-0.05, 0) is 50.2 Å². The lowest BCUT2D eigenvalue weighted by Crippen LogP contribution is -2.34. The van der Waals surface area contributed by atoms with Crippen LogP contribution in [0.5, 0.6) is 5.75 Å². The Bertz CT molecular complexity index is 1380. The molecule has 0 unspecified atom stereocenters. The molecule has 0 spiro atoms. The molecular weight excluding hydrogens is 396 g/mol. The Morgan fingerprint density at radius 2 is 1.74 bits per heavy atom. The molecule has 0 aliphatic heterocycles. The van der Waals surface area contributed by atoms with Crippen LogP contribution in [0.4, 0.5) is 5.69 Å². The number of benzene rings is 2. The Labute approximate surface area is 177 Å². The molecule has 31 heavy (non-hydrogen) atoms. The van der Waals surface area contributed by atoms with Crippen LogP contribution < -0.4 is 21.3 Å². The average Bonchev–Trinajstić information content (AvgIpc) is 3.07. The third-order valence-electron chi connectivity index (χ3n) is 4.98. The van der Waals surface area contributed by atoms with Crippen molar-refractivity contribution in [3.05, 3.63) is 86.7 Å². The second-order valence-electron chi connectivity index (χ2n) is 7.20. The third kappa shape index (κ3) is 3.75. The van der Waals surface area contributed by atoms with Crippen molar-refractivity contribution in [2.24, 2.45) is 7.05 Å². The number of ether oxygens (including phenoxy) is 1. The minimum Gasteiger partial charge on any atom is -0.494 e. The van der Waals surface area contributed by atoms with Crippen molar-refractivity contribution in [3.8, 4) is 11.4 Å². The van der Waals surface area contributed by atoms with Gasteiger partial charge >= 0.3 is 5.69 Å². The van der Waals surface area contributed by atoms with Gasteiger partial charge in [0, 0.05) is 18.9 Å². The number of aryl methyl sites for hydroxylation is 2. The molecule has 0 radical (unpaired) electrons. The van der Waals surface area contributed by atoms with Crippen LogP contribution in [-0.2, 0) is 7.05 Å². The Kier molecular flexibility index (Phi) is 5.21. The fraction of sp³-hybridized carbons (Fsp3) is 0.174. The van der Waals surface area contributed by atoms with Crippen molar-refractivity contribution in [1.82, 2.24) is 14.1 Å². The highest BCUT2D eigenvalue weighted by Gasteiger charge is 2.20. The Morgan fingerprint density at radius 1 is 1.06 bits per heavy atom. The minimum absolute atomic E-state index is 0.198. The van der Waals surface area contributed by atoms with Crippen LogP contribution >= 0.6 is 0 Å². The fourth-order valence-corrected chi connectivity index (χ4v) is 3.47. The molecule has 158 valence electrons. The lowest BCUT2D eigenvalue weighted by Gasteiger charge is -2.07. The molecule has 0 saturated carbocycles. The molecule has 4 aromatic rings. The van der Waals surface area contributed by atoms with E-state index in [1.165, 1.54) is 6.20 Å². The normalized spacial score (nSPS) is 10.9. The number of hydrogen-bond acceptors (Lipinski definition) is 4. The van der Waals surface area contributed by atoms with Crippen LogP contribution in [0, 0.1) is 6.92 Å². The van der Waals surface area contributed by atoms with Crippen LogP contribution in [0.25, 0.3) is 16.7 Å². The molecule has 8 heteroatoms. The first-order chi connectivity index (χ1) is 14.9. The van der Waals surface area contributed by atoms with Crippen LogP contribution in [0.1, 0.15) is 22.8 Å². The number of carbonyl (C=O) groups excluding carboxylic acids is 1. The van der Waals surface area contributed by atoms with Crippen molar-refractivity contribution in [2.45, 2.75) is 13.8 Å². The molecule has 0 saturated heterocycles. The van der Waals surface area contributed by atoms with E-state index in [2.05, 4.69) is 10.3 Å². The van der Waals surface area contributed by atoms with E-state index in [1.54, 1.807) is 48.0 Å². The average molecular weight is 418 g/mol. The number of H-pyrrole nitrogens is 1. The van der Waals surface area contributed by atoms with E-state index in [1.807, 2.05) is 26.0 Å². The maximum atomic E-state index is 13.1. The van der Waals surface area contributed by atoms with Gasteiger partial charge in [0.15, 0.2) is 0 Å². The molecule has 2 heterocycles. The van der Waals surface area contributed by atoms with Gasteiger partial charge in [0.25, 0.3) is 11.5 Å². The highest BCUT2D eigenvalue weighted by Crippen LogP contribution is 2.19. The summed E-state index contributed by atoms with van der Waals surface area (Å²) in [5.41, 5.74) is 1.58. The van der Waals surface area contributed by atoms with Crippen molar-refractivity contribution in [3.63, 3.8) is 0 Å². The lowest BCUT2D eigenvalue weighted by molar-refractivity contribution is 0.102. The van der Waals surface area contributed by atoms with Crippen LogP contribution in [0.2, 0.25) is 0 Å². The van der Waals surface area contributed by atoms with Gasteiger partial charge in [-0.3, -0.25) is 9.59 Å². The van der Waals surface area contributed by atoms with Crippen molar-refractivity contribution < 1.29 is 9.53 Å². The smallest absolute Gasteiger partial charge is 0.333 e. The maximum Gasteiger partial charge on any atom is 0.333 e. The van der Waals surface area contributed by atoms with Gasteiger partial charge in [-0.2, -0.15) is 0 Å². The van der Waals surface area contributed by atoms with E-state index >= 15 is 0 Å². The van der Waals surface area contributed by atoms with Gasteiger partial charge in [-0.15, -0.1) is 0 Å². The van der Waals surface area contributed by atoms with Crippen molar-refractivity contribution in [1.29, 1.82) is 0 Å². The van der Waals surface area contributed by atoms with E-state index < -0.39 is 17.2 Å². The van der Waals surface area contributed by atoms with E-state index in [0.29, 0.717) is 23.7 Å². The zero-order valence-electron chi connectivity index (χ0n) is 17.4. The molecule has 2 N–H and O–H groups in total. The molecule has 8 nitrogen and oxygen atoms in total. The summed E-state index contributed by atoms with van der Waals surface area (Å²) in [6.07, 6.45) is 1.53. The molecule has 0 aliphatic carbocycles. The van der Waals surface area contributed by atoms with Crippen LogP contribution in [0.3, 0.4) is 0 Å². The number of fused-ring (bicyclic) bond motifs is 1. The van der Waals surface area contributed by atoms with Crippen molar-refractivity contribution in [2.75, 3.05) is 11.9 Å². The fourth-order valence-electron chi connectivity index (χ4n) is 3.47. The SMILES string of the molecule is CCOc1ccc(NC(=O)c2cn(C)c3c(=O)n(-c4ccc(C)cc4)c(=O)[nH]c23)cc1. The highest BCUT2D eigenvalue weighted by molar-refractivity contribution is 6.11. The molecule has 0 aliphatic rings. The quantitative estimate of drug-likeness (QED) is 0.521. The van der Waals surface area contributed by atoms with Crippen LogP contribution in [0.15, 0.2) is 64.3 Å². The Morgan fingerprint density at radius 3 is 2.39 bits per heavy atom. The first-order valence-corrected chi connectivity index (χ1v) is 9.84. The van der Waals surface area contributed by atoms with Crippen LogP contribution in [-0.4, -0.2) is 26.6 Å². The second kappa shape index (κ2) is 7.98. The first kappa shape index (κ1) is 20.2. The zero-order chi connectivity index (χ0) is 22.1. The lowest BCUT2D eigenvalue weighted by atomic mass is 10.2. The number of nitrogens with zero attached hydrogens (tertiary/aromatic N) is 2. The molecule has 0 fully saturated rings. The van der Waals surface area contributed by atoms with Gasteiger partial charge in [0.2, 0.25) is 0 Å². The number of amides is 1. The highest BCUT2D eigenvalue weighted by atomic mass is 16.5. The number of aromatic nitrogens is 3. The monoisotopic (exact) mass is 418 g/mol. The summed E-state index contributed by atoms with van der Waals surface area (Å²) in [5, 5.41) is 2.79.